The molecule has 0 spiro atoms. The van der Waals surface area contributed by atoms with Crippen molar-refractivity contribution in [2.45, 2.75) is 7.43 Å². The molecule has 0 saturated carbocycles. The maximum atomic E-state index is 10.1. The molecule has 0 heterocycles. The van der Waals surface area contributed by atoms with Gasteiger partial charge in [0, 0.05) is 0 Å². The van der Waals surface area contributed by atoms with Gasteiger partial charge in [-0.3, -0.25) is 14.7 Å². The number of rotatable bonds is 4. The van der Waals surface area contributed by atoms with E-state index >= 15 is 0 Å². The molecule has 0 aliphatic rings. The molecule has 0 aromatic carbocycles. The molecular weight excluding hydrogens is 173 g/mol. The average Bonchev–Trinajstić information content (AvgIpc) is 1.59. The molecule has 0 amide bonds. The fraction of sp³-hybridized carbons (Fsp3) is 0.750. The van der Waals surface area contributed by atoms with Crippen LogP contribution in [-0.4, -0.2) is 33.7 Å². The number of hydrogen-bond acceptors (Lipinski definition) is 3. The summed E-state index contributed by atoms with van der Waals surface area (Å²) in [7, 11) is -4.10. The molecule has 7 heteroatoms. The molecule has 0 radical (unpaired) electrons. The fourth-order valence-electron chi connectivity index (χ4n) is 0.308. The van der Waals surface area contributed by atoms with E-state index in [4.69, 9.17) is 14.9 Å². The second-order valence-corrected chi connectivity index (χ2v) is 3.29. The number of aliphatic carboxylic acids is 1. The highest BCUT2D eigenvalue weighted by Gasteiger charge is 2.11. The van der Waals surface area contributed by atoms with Crippen LogP contribution in [0.3, 0.4) is 0 Å². The van der Waals surface area contributed by atoms with Crippen LogP contribution in [0.15, 0.2) is 0 Å². The summed E-state index contributed by atoms with van der Waals surface area (Å²) in [6.07, 6.45) is -0.598. The molecule has 0 bridgehead atoms. The Balaban J connectivity index is 0. The third-order valence-electron chi connectivity index (χ3n) is 0.594. The Morgan fingerprint density at radius 2 is 1.91 bits per heavy atom. The van der Waals surface area contributed by atoms with Crippen LogP contribution in [0.5, 0.6) is 0 Å². The second-order valence-electron chi connectivity index (χ2n) is 1.64. The normalized spacial score (nSPS) is 10.4. The first-order chi connectivity index (χ1) is 4.42. The molecule has 0 aliphatic heterocycles. The first kappa shape index (κ1) is 13.2. The summed E-state index contributed by atoms with van der Waals surface area (Å²) in [5, 5.41) is 10.1. The SMILES string of the molecule is C.O=C(O)CNCP(=O)(O)O. The van der Waals surface area contributed by atoms with Crippen LogP contribution in [0.25, 0.3) is 0 Å². The molecule has 0 aromatic rings. The van der Waals surface area contributed by atoms with E-state index in [1.54, 1.807) is 0 Å². The summed E-state index contributed by atoms with van der Waals surface area (Å²) < 4.78 is 10.1. The number of nitrogens with one attached hydrogen (secondary N) is 1. The Morgan fingerprint density at radius 3 is 2.18 bits per heavy atom. The van der Waals surface area contributed by atoms with Crippen molar-refractivity contribution in [3.8, 4) is 0 Å². The number of carbonyl (C=O) groups is 1. The largest absolute Gasteiger partial charge is 0.480 e. The van der Waals surface area contributed by atoms with Gasteiger partial charge in [-0.05, 0) is 0 Å². The quantitative estimate of drug-likeness (QED) is 0.437. The van der Waals surface area contributed by atoms with E-state index in [9.17, 15) is 9.36 Å². The summed E-state index contributed by atoms with van der Waals surface area (Å²) in [5.41, 5.74) is 0. The van der Waals surface area contributed by atoms with Crippen molar-refractivity contribution in [2.75, 3.05) is 12.8 Å². The Hall–Kier alpha value is -0.420. The van der Waals surface area contributed by atoms with Crippen LogP contribution in [0, 0.1) is 0 Å². The lowest BCUT2D eigenvalue weighted by atomic mass is 10.7. The first-order valence-electron chi connectivity index (χ1n) is 2.39. The Labute approximate surface area is 64.4 Å². The zero-order valence-electron chi connectivity index (χ0n) is 5.02. The van der Waals surface area contributed by atoms with Gasteiger partial charge in [-0.25, -0.2) is 0 Å². The summed E-state index contributed by atoms with van der Waals surface area (Å²) >= 11 is 0. The van der Waals surface area contributed by atoms with Gasteiger partial charge in [0.1, 0.15) is 0 Å². The highest BCUT2D eigenvalue weighted by molar-refractivity contribution is 7.51. The standard InChI is InChI=1S/C3H8NO5P.CH4/c5-3(6)1-4-2-10(7,8)9;/h4H,1-2H2,(H,5,6)(H2,7,8,9);1H4. The Bertz CT molecular complexity index is 164. The monoisotopic (exact) mass is 185 g/mol. The van der Waals surface area contributed by atoms with E-state index in [-0.39, 0.29) is 7.43 Å². The predicted molar refractivity (Wildman–Crippen MR) is 39.3 cm³/mol. The third-order valence-corrected chi connectivity index (χ3v) is 1.23. The Kier molecular flexibility index (Phi) is 6.31. The molecule has 0 unspecified atom stereocenters. The van der Waals surface area contributed by atoms with Crippen molar-refractivity contribution in [2.24, 2.45) is 0 Å². The van der Waals surface area contributed by atoms with E-state index in [1.807, 2.05) is 0 Å². The van der Waals surface area contributed by atoms with Gasteiger partial charge in [0.2, 0.25) is 0 Å². The molecule has 68 valence electrons. The lowest BCUT2D eigenvalue weighted by molar-refractivity contribution is -0.135. The highest BCUT2D eigenvalue weighted by Crippen LogP contribution is 2.31. The van der Waals surface area contributed by atoms with Crippen molar-refractivity contribution in [1.29, 1.82) is 0 Å². The minimum absolute atomic E-state index is 0. The van der Waals surface area contributed by atoms with Gasteiger partial charge < -0.3 is 14.9 Å². The lowest BCUT2D eigenvalue weighted by Gasteiger charge is -2.02. The predicted octanol–water partition coefficient (Wildman–Crippen LogP) is -0.568. The molecule has 0 fully saturated rings. The molecule has 0 aliphatic carbocycles. The number of carboxylic acid groups (broad SMARTS) is 1. The summed E-state index contributed by atoms with van der Waals surface area (Å²) in [6.45, 7) is -0.439. The van der Waals surface area contributed by atoms with Crippen LogP contribution in [0.2, 0.25) is 0 Å². The smallest absolute Gasteiger partial charge is 0.339 e. The minimum Gasteiger partial charge on any atom is -0.480 e. The third kappa shape index (κ3) is 12.7. The fourth-order valence-corrected chi connectivity index (χ4v) is 0.712. The van der Waals surface area contributed by atoms with E-state index < -0.39 is 26.4 Å². The van der Waals surface area contributed by atoms with Crippen LogP contribution in [-0.2, 0) is 9.36 Å². The van der Waals surface area contributed by atoms with Crippen molar-refractivity contribution in [1.82, 2.24) is 5.32 Å². The van der Waals surface area contributed by atoms with Crippen molar-refractivity contribution < 1.29 is 24.3 Å². The molecule has 0 saturated heterocycles. The van der Waals surface area contributed by atoms with E-state index in [0.29, 0.717) is 0 Å². The molecule has 4 N–H and O–H groups in total. The van der Waals surface area contributed by atoms with Gasteiger partial charge in [0.25, 0.3) is 0 Å². The molecular formula is C4H12NO5P. The Morgan fingerprint density at radius 1 is 1.45 bits per heavy atom. The summed E-state index contributed by atoms with van der Waals surface area (Å²) in [5.74, 6) is -1.14. The highest BCUT2D eigenvalue weighted by atomic mass is 31.2. The van der Waals surface area contributed by atoms with Gasteiger partial charge in [-0.1, -0.05) is 7.43 Å². The number of hydrogen-bond donors (Lipinski definition) is 4. The van der Waals surface area contributed by atoms with Crippen LogP contribution in [0.1, 0.15) is 7.43 Å². The van der Waals surface area contributed by atoms with Crippen molar-refractivity contribution in [3.05, 3.63) is 0 Å². The zero-order valence-corrected chi connectivity index (χ0v) is 5.91. The van der Waals surface area contributed by atoms with Gasteiger partial charge in [-0.15, -0.1) is 0 Å². The lowest BCUT2D eigenvalue weighted by Crippen LogP contribution is -2.23. The molecule has 6 nitrogen and oxygen atoms in total. The first-order valence-corrected chi connectivity index (χ1v) is 4.18. The van der Waals surface area contributed by atoms with Gasteiger partial charge in [-0.2, -0.15) is 0 Å². The van der Waals surface area contributed by atoms with Crippen LogP contribution >= 0.6 is 7.60 Å². The van der Waals surface area contributed by atoms with E-state index in [1.165, 1.54) is 0 Å². The van der Waals surface area contributed by atoms with E-state index in [2.05, 4.69) is 5.32 Å². The van der Waals surface area contributed by atoms with Gasteiger partial charge >= 0.3 is 13.6 Å². The molecule has 0 aromatic heterocycles. The maximum absolute atomic E-state index is 10.1. The zero-order chi connectivity index (χ0) is 8.20. The van der Waals surface area contributed by atoms with Crippen LogP contribution < -0.4 is 5.32 Å². The minimum atomic E-state index is -4.10. The molecule has 0 rings (SSSR count). The van der Waals surface area contributed by atoms with Gasteiger partial charge in [0.15, 0.2) is 0 Å². The topological polar surface area (TPSA) is 107 Å². The van der Waals surface area contributed by atoms with Gasteiger partial charge in [0.05, 0.1) is 12.8 Å². The molecule has 0 atom stereocenters. The van der Waals surface area contributed by atoms with Crippen molar-refractivity contribution in [3.63, 3.8) is 0 Å². The van der Waals surface area contributed by atoms with Crippen molar-refractivity contribution >= 4 is 13.6 Å². The maximum Gasteiger partial charge on any atom is 0.339 e. The average molecular weight is 185 g/mol. The summed E-state index contributed by atoms with van der Waals surface area (Å²) in [6, 6.07) is 0. The molecule has 11 heavy (non-hydrogen) atoms. The second kappa shape index (κ2) is 5.26. The number of carboxylic acids is 1. The summed E-state index contributed by atoms with van der Waals surface area (Å²) in [4.78, 5) is 26.1. The van der Waals surface area contributed by atoms with Crippen LogP contribution in [0.4, 0.5) is 0 Å². The van der Waals surface area contributed by atoms with E-state index in [0.717, 1.165) is 0 Å².